The molecule has 5 nitrogen and oxygen atoms in total. The number of rotatable bonds is 3. The zero-order valence-electron chi connectivity index (χ0n) is 10.9. The van der Waals surface area contributed by atoms with E-state index in [0.717, 1.165) is 15.7 Å². The molecular formula is C15H11BrN4O. The van der Waals surface area contributed by atoms with Gasteiger partial charge in [-0.25, -0.2) is 9.67 Å². The second-order valence-corrected chi connectivity index (χ2v) is 5.29. The zero-order valence-corrected chi connectivity index (χ0v) is 12.5. The number of carbonyl (C=O) groups excluding carboxylic acids is 1. The molecule has 0 aliphatic rings. The third-order valence-electron chi connectivity index (χ3n) is 2.93. The maximum Gasteiger partial charge on any atom is 0.288 e. The van der Waals surface area contributed by atoms with Gasteiger partial charge < -0.3 is 5.73 Å². The van der Waals surface area contributed by atoms with Crippen LogP contribution in [-0.4, -0.2) is 20.7 Å². The molecule has 2 aromatic carbocycles. The fourth-order valence-corrected chi connectivity index (χ4v) is 2.22. The van der Waals surface area contributed by atoms with Gasteiger partial charge in [-0.2, -0.15) is 0 Å². The summed E-state index contributed by atoms with van der Waals surface area (Å²) in [6.45, 7) is 0. The van der Waals surface area contributed by atoms with Gasteiger partial charge in [0.15, 0.2) is 5.82 Å². The Hall–Kier alpha value is -2.47. The second-order valence-electron chi connectivity index (χ2n) is 4.38. The lowest BCUT2D eigenvalue weighted by atomic mass is 10.2. The maximum atomic E-state index is 11.4. The lowest BCUT2D eigenvalue weighted by molar-refractivity contribution is 0.0990. The van der Waals surface area contributed by atoms with Crippen molar-refractivity contribution in [2.24, 2.45) is 5.73 Å². The van der Waals surface area contributed by atoms with Crippen LogP contribution in [0, 0.1) is 0 Å². The fraction of sp³-hybridized carbons (Fsp3) is 0. The molecule has 0 bridgehead atoms. The Labute approximate surface area is 129 Å². The van der Waals surface area contributed by atoms with Crippen LogP contribution in [0.1, 0.15) is 10.6 Å². The number of amides is 1. The molecule has 6 heteroatoms. The van der Waals surface area contributed by atoms with E-state index in [4.69, 9.17) is 5.73 Å². The van der Waals surface area contributed by atoms with Crippen LogP contribution in [0.3, 0.4) is 0 Å². The van der Waals surface area contributed by atoms with Crippen molar-refractivity contribution in [3.05, 3.63) is 64.9 Å². The number of halogens is 1. The Morgan fingerprint density at radius 3 is 2.33 bits per heavy atom. The van der Waals surface area contributed by atoms with E-state index in [1.54, 1.807) is 4.68 Å². The maximum absolute atomic E-state index is 11.4. The van der Waals surface area contributed by atoms with E-state index in [-0.39, 0.29) is 5.82 Å². The highest BCUT2D eigenvalue weighted by Crippen LogP contribution is 2.22. The lowest BCUT2D eigenvalue weighted by Gasteiger charge is -2.05. The number of nitrogens with two attached hydrogens (primary N) is 1. The summed E-state index contributed by atoms with van der Waals surface area (Å²) in [6.07, 6.45) is 0. The average Bonchev–Trinajstić information content (AvgIpc) is 2.94. The summed E-state index contributed by atoms with van der Waals surface area (Å²) in [5.41, 5.74) is 6.96. The summed E-state index contributed by atoms with van der Waals surface area (Å²) >= 11 is 3.39. The van der Waals surface area contributed by atoms with Gasteiger partial charge in [-0.1, -0.05) is 46.3 Å². The van der Waals surface area contributed by atoms with E-state index in [9.17, 15) is 4.79 Å². The molecule has 104 valence electrons. The first-order valence-electron chi connectivity index (χ1n) is 6.23. The van der Waals surface area contributed by atoms with Crippen molar-refractivity contribution < 1.29 is 4.79 Å². The standard InChI is InChI=1S/C15H11BrN4O/c16-11-6-8-12(9-7-11)20-15(10-4-2-1-3-5-10)18-14(19-20)13(17)21/h1-9H,(H2,17,21). The van der Waals surface area contributed by atoms with Crippen molar-refractivity contribution in [1.82, 2.24) is 14.8 Å². The second kappa shape index (κ2) is 5.49. The SMILES string of the molecule is NC(=O)c1nc(-c2ccccc2)n(-c2ccc(Br)cc2)n1. The number of aromatic nitrogens is 3. The number of nitrogens with zero attached hydrogens (tertiary/aromatic N) is 3. The smallest absolute Gasteiger partial charge is 0.288 e. The van der Waals surface area contributed by atoms with Crippen LogP contribution in [-0.2, 0) is 0 Å². The predicted molar refractivity (Wildman–Crippen MR) is 83.0 cm³/mol. The monoisotopic (exact) mass is 342 g/mol. The van der Waals surface area contributed by atoms with Crippen LogP contribution in [0.2, 0.25) is 0 Å². The molecule has 0 fully saturated rings. The predicted octanol–water partition coefficient (Wildman–Crippen LogP) is 2.80. The van der Waals surface area contributed by atoms with Crippen molar-refractivity contribution in [3.63, 3.8) is 0 Å². The molecule has 0 radical (unpaired) electrons. The molecule has 0 saturated carbocycles. The van der Waals surface area contributed by atoms with Crippen LogP contribution in [0.15, 0.2) is 59.1 Å². The van der Waals surface area contributed by atoms with Gasteiger partial charge in [0, 0.05) is 10.0 Å². The average molecular weight is 343 g/mol. The topological polar surface area (TPSA) is 73.8 Å². The highest BCUT2D eigenvalue weighted by atomic mass is 79.9. The number of hydrogen-bond donors (Lipinski definition) is 1. The molecule has 21 heavy (non-hydrogen) atoms. The molecule has 1 amide bonds. The molecule has 0 unspecified atom stereocenters. The first-order valence-corrected chi connectivity index (χ1v) is 7.02. The van der Waals surface area contributed by atoms with Crippen LogP contribution < -0.4 is 5.73 Å². The first kappa shape index (κ1) is 13.5. The van der Waals surface area contributed by atoms with Gasteiger partial charge in [0.2, 0.25) is 5.82 Å². The highest BCUT2D eigenvalue weighted by Gasteiger charge is 2.16. The largest absolute Gasteiger partial charge is 0.363 e. The molecule has 0 saturated heterocycles. The Morgan fingerprint density at radius 2 is 1.71 bits per heavy atom. The summed E-state index contributed by atoms with van der Waals surface area (Å²) in [7, 11) is 0. The molecule has 3 aromatic rings. The number of carbonyl (C=O) groups is 1. The Bertz CT molecular complexity index is 781. The summed E-state index contributed by atoms with van der Waals surface area (Å²) < 4.78 is 2.57. The van der Waals surface area contributed by atoms with Gasteiger partial charge in [-0.05, 0) is 24.3 Å². The van der Waals surface area contributed by atoms with E-state index >= 15 is 0 Å². The van der Waals surface area contributed by atoms with Crippen LogP contribution in [0.5, 0.6) is 0 Å². The van der Waals surface area contributed by atoms with Crippen molar-refractivity contribution in [2.75, 3.05) is 0 Å². The molecule has 0 aliphatic heterocycles. The molecule has 1 heterocycles. The van der Waals surface area contributed by atoms with Gasteiger partial charge in [0.05, 0.1) is 5.69 Å². The minimum Gasteiger partial charge on any atom is -0.363 e. The third kappa shape index (κ3) is 2.71. The number of benzene rings is 2. The van der Waals surface area contributed by atoms with Crippen molar-refractivity contribution in [1.29, 1.82) is 0 Å². The Morgan fingerprint density at radius 1 is 1.05 bits per heavy atom. The normalized spacial score (nSPS) is 10.5. The van der Waals surface area contributed by atoms with Crippen molar-refractivity contribution in [2.45, 2.75) is 0 Å². The van der Waals surface area contributed by atoms with E-state index in [1.807, 2.05) is 54.6 Å². The lowest BCUT2D eigenvalue weighted by Crippen LogP contribution is -2.13. The van der Waals surface area contributed by atoms with Gasteiger partial charge >= 0.3 is 0 Å². The fourth-order valence-electron chi connectivity index (χ4n) is 1.95. The quantitative estimate of drug-likeness (QED) is 0.795. The molecule has 0 spiro atoms. The van der Waals surface area contributed by atoms with Crippen molar-refractivity contribution in [3.8, 4) is 17.1 Å². The molecule has 1 aromatic heterocycles. The number of primary amides is 1. The van der Waals surface area contributed by atoms with E-state index in [0.29, 0.717) is 5.82 Å². The van der Waals surface area contributed by atoms with Gasteiger partial charge in [-0.3, -0.25) is 4.79 Å². The van der Waals surface area contributed by atoms with Gasteiger partial charge in [0.1, 0.15) is 0 Å². The molecule has 0 aliphatic carbocycles. The summed E-state index contributed by atoms with van der Waals surface area (Å²) in [5.74, 6) is -0.0773. The van der Waals surface area contributed by atoms with Crippen LogP contribution >= 0.6 is 15.9 Å². The Balaban J connectivity index is 2.19. The summed E-state index contributed by atoms with van der Waals surface area (Å²) in [5, 5.41) is 4.20. The van der Waals surface area contributed by atoms with E-state index in [1.165, 1.54) is 0 Å². The molecule has 0 atom stereocenters. The van der Waals surface area contributed by atoms with Crippen LogP contribution in [0.25, 0.3) is 17.1 Å². The summed E-state index contributed by atoms with van der Waals surface area (Å²) in [6, 6.07) is 17.1. The minimum absolute atomic E-state index is 0.00299. The number of hydrogen-bond acceptors (Lipinski definition) is 3. The molecular weight excluding hydrogens is 332 g/mol. The van der Waals surface area contributed by atoms with E-state index in [2.05, 4.69) is 26.0 Å². The highest BCUT2D eigenvalue weighted by molar-refractivity contribution is 9.10. The molecule has 2 N–H and O–H groups in total. The van der Waals surface area contributed by atoms with Gasteiger partial charge in [-0.15, -0.1) is 5.10 Å². The first-order chi connectivity index (χ1) is 10.1. The third-order valence-corrected chi connectivity index (χ3v) is 3.46. The minimum atomic E-state index is -0.650. The van der Waals surface area contributed by atoms with E-state index < -0.39 is 5.91 Å². The van der Waals surface area contributed by atoms with Crippen molar-refractivity contribution >= 4 is 21.8 Å². The zero-order chi connectivity index (χ0) is 14.8. The Kier molecular flexibility index (Phi) is 3.53. The van der Waals surface area contributed by atoms with Gasteiger partial charge in [0.25, 0.3) is 5.91 Å². The van der Waals surface area contributed by atoms with Crippen LogP contribution in [0.4, 0.5) is 0 Å². The molecule has 3 rings (SSSR count). The summed E-state index contributed by atoms with van der Waals surface area (Å²) in [4.78, 5) is 15.6.